The Morgan fingerprint density at radius 1 is 1.31 bits per heavy atom. The van der Waals surface area contributed by atoms with Gasteiger partial charge in [0.25, 0.3) is 0 Å². The van der Waals surface area contributed by atoms with Crippen molar-refractivity contribution >= 4 is 28.8 Å². The number of aliphatic hydroxyl groups excluding tert-OH is 1. The van der Waals surface area contributed by atoms with Gasteiger partial charge in [-0.25, -0.2) is 19.9 Å². The van der Waals surface area contributed by atoms with Crippen molar-refractivity contribution in [1.29, 1.82) is 10.7 Å². The third-order valence-electron chi connectivity index (χ3n) is 6.41. The summed E-state index contributed by atoms with van der Waals surface area (Å²) in [6.45, 7) is 5.22. The molecule has 0 radical (unpaired) electrons. The first-order chi connectivity index (χ1) is 18.8. The third-order valence-corrected chi connectivity index (χ3v) is 6.74. The summed E-state index contributed by atoms with van der Waals surface area (Å²) in [4.78, 5) is 20.4. The lowest BCUT2D eigenvalue weighted by molar-refractivity contribution is 0.108. The Bertz CT molecular complexity index is 1440. The molecule has 1 aliphatic rings. The Hall–Kier alpha value is -4.11. The van der Waals surface area contributed by atoms with Crippen LogP contribution in [0.25, 0.3) is 17.1 Å². The number of aromatic nitrogens is 4. The topological polar surface area (TPSA) is 156 Å². The van der Waals surface area contributed by atoms with Crippen LogP contribution >= 0.6 is 11.6 Å². The van der Waals surface area contributed by atoms with Crippen LogP contribution in [-0.4, -0.2) is 64.1 Å². The van der Waals surface area contributed by atoms with Crippen molar-refractivity contribution in [2.75, 3.05) is 32.1 Å². The first-order valence-electron chi connectivity index (χ1n) is 12.3. The number of aliphatic hydroxyl groups is 1. The maximum Gasteiger partial charge on any atom is 0.163 e. The normalized spacial score (nSPS) is 13.8. The summed E-state index contributed by atoms with van der Waals surface area (Å²) in [6.07, 6.45) is 2.66. The van der Waals surface area contributed by atoms with Gasteiger partial charge in [-0.3, -0.25) is 5.41 Å². The van der Waals surface area contributed by atoms with Crippen LogP contribution in [0.3, 0.4) is 0 Å². The number of nitrogens with zero attached hydrogens (tertiary/aromatic N) is 6. The van der Waals surface area contributed by atoms with Crippen molar-refractivity contribution in [3.8, 4) is 23.2 Å². The number of halogens is 1. The van der Waals surface area contributed by atoms with E-state index in [1.165, 1.54) is 6.33 Å². The molecule has 0 saturated heterocycles. The maximum absolute atomic E-state index is 10.1. The van der Waals surface area contributed by atoms with Gasteiger partial charge in [0.15, 0.2) is 5.82 Å². The minimum atomic E-state index is -0.676. The average molecular weight is 548 g/mol. The summed E-state index contributed by atoms with van der Waals surface area (Å²) in [6, 6.07) is 7.06. The molecule has 3 aromatic rings. The van der Waals surface area contributed by atoms with E-state index < -0.39 is 6.10 Å². The molecule has 3 heterocycles. The Morgan fingerprint density at radius 3 is 2.79 bits per heavy atom. The molecule has 1 atom stereocenters. The lowest BCUT2D eigenvalue weighted by atomic mass is 10.0. The van der Waals surface area contributed by atoms with E-state index in [-0.39, 0.29) is 12.3 Å². The number of fused-ring (bicyclic) bond motifs is 1. The third kappa shape index (κ3) is 5.98. The van der Waals surface area contributed by atoms with Gasteiger partial charge in [0.05, 0.1) is 28.7 Å². The quantitative estimate of drug-likeness (QED) is 0.278. The van der Waals surface area contributed by atoms with E-state index >= 15 is 0 Å². The summed E-state index contributed by atoms with van der Waals surface area (Å²) in [7, 11) is 3.48. The first kappa shape index (κ1) is 27.9. The van der Waals surface area contributed by atoms with Crippen molar-refractivity contribution < 1.29 is 9.84 Å². The fraction of sp³-hybridized carbons (Fsp3) is 0.333. The van der Waals surface area contributed by atoms with E-state index in [1.807, 2.05) is 13.0 Å². The Balaban J connectivity index is 1.85. The highest BCUT2D eigenvalue weighted by molar-refractivity contribution is 6.33. The van der Waals surface area contributed by atoms with Gasteiger partial charge in [0, 0.05) is 48.6 Å². The smallest absolute Gasteiger partial charge is 0.163 e. The monoisotopic (exact) mass is 547 g/mol. The number of rotatable bonds is 10. The summed E-state index contributed by atoms with van der Waals surface area (Å²) in [5, 5.41) is 34.0. The van der Waals surface area contributed by atoms with Gasteiger partial charge in [-0.15, -0.1) is 0 Å². The second-order valence-corrected chi connectivity index (χ2v) is 9.50. The van der Waals surface area contributed by atoms with E-state index in [0.717, 1.165) is 16.8 Å². The molecule has 0 fully saturated rings. The van der Waals surface area contributed by atoms with Gasteiger partial charge in [0.2, 0.25) is 0 Å². The van der Waals surface area contributed by atoms with Gasteiger partial charge in [0.1, 0.15) is 42.4 Å². The van der Waals surface area contributed by atoms with Crippen LogP contribution in [-0.2, 0) is 13.1 Å². The molecule has 12 heteroatoms. The molecule has 0 aliphatic carbocycles. The fourth-order valence-corrected chi connectivity index (χ4v) is 4.57. The van der Waals surface area contributed by atoms with E-state index in [1.54, 1.807) is 45.4 Å². The molecule has 0 unspecified atom stereocenters. The number of nitrogens with one attached hydrogen (secondary N) is 3. The number of benzene rings is 1. The predicted octanol–water partition coefficient (Wildman–Crippen LogP) is 2.87. The summed E-state index contributed by atoms with van der Waals surface area (Å²) < 4.78 is 5.80. The first-order valence-corrected chi connectivity index (χ1v) is 12.7. The number of allylic oxidation sites excluding steroid dienone is 1. The lowest BCUT2D eigenvalue weighted by Gasteiger charge is -2.23. The van der Waals surface area contributed by atoms with Crippen molar-refractivity contribution in [1.82, 2.24) is 30.6 Å². The molecule has 4 rings (SSSR count). The second kappa shape index (κ2) is 12.2. The Labute approximate surface area is 232 Å². The largest absolute Gasteiger partial charge is 0.491 e. The molecule has 1 aromatic carbocycles. The molecule has 1 aliphatic heterocycles. The van der Waals surface area contributed by atoms with Crippen LogP contribution in [0.5, 0.6) is 5.75 Å². The zero-order chi connectivity index (χ0) is 28.1. The number of hydrogen-bond acceptors (Lipinski definition) is 11. The van der Waals surface area contributed by atoms with Crippen molar-refractivity contribution in [3.05, 3.63) is 63.8 Å². The molecule has 39 heavy (non-hydrogen) atoms. The lowest BCUT2D eigenvalue weighted by Crippen LogP contribution is -2.29. The minimum Gasteiger partial charge on any atom is -0.491 e. The number of likely N-dealkylation sites (N-methyl/N-ethyl adjacent to an activating group) is 1. The molecular formula is C27H30ClN9O2. The SMILES string of the molecule is CNC[C@@H](O)COc1ccc(Cl)c(-c2nc(/C(NC)=C(\C)C(=N)C#N)c(C)c(N3Cc4cncnc4C3)n2)c1. The van der Waals surface area contributed by atoms with Crippen molar-refractivity contribution in [2.24, 2.45) is 0 Å². The molecule has 0 amide bonds. The van der Waals surface area contributed by atoms with Gasteiger partial charge in [-0.1, -0.05) is 11.6 Å². The molecule has 0 bridgehead atoms. The van der Waals surface area contributed by atoms with Gasteiger partial charge >= 0.3 is 0 Å². The number of hydrogen-bond donors (Lipinski definition) is 4. The number of ether oxygens (including phenoxy) is 1. The average Bonchev–Trinajstić information content (AvgIpc) is 3.37. The summed E-state index contributed by atoms with van der Waals surface area (Å²) >= 11 is 6.64. The van der Waals surface area contributed by atoms with Crippen LogP contribution in [0.4, 0.5) is 5.82 Å². The molecule has 202 valence electrons. The van der Waals surface area contributed by atoms with Gasteiger partial charge < -0.3 is 25.4 Å². The van der Waals surface area contributed by atoms with Gasteiger partial charge in [-0.2, -0.15) is 5.26 Å². The maximum atomic E-state index is 10.1. The fourth-order valence-electron chi connectivity index (χ4n) is 4.37. The molecule has 0 spiro atoms. The Kier molecular flexibility index (Phi) is 8.71. The Morgan fingerprint density at radius 2 is 2.10 bits per heavy atom. The van der Waals surface area contributed by atoms with Crippen LogP contribution < -0.4 is 20.3 Å². The van der Waals surface area contributed by atoms with Crippen LogP contribution in [0.1, 0.15) is 29.4 Å². The van der Waals surface area contributed by atoms with Crippen molar-refractivity contribution in [2.45, 2.75) is 33.0 Å². The highest BCUT2D eigenvalue weighted by Gasteiger charge is 2.27. The molecule has 2 aromatic heterocycles. The number of anilines is 1. The van der Waals surface area contributed by atoms with Crippen LogP contribution in [0.2, 0.25) is 5.02 Å². The summed E-state index contributed by atoms with van der Waals surface area (Å²) in [5.74, 6) is 1.53. The number of nitriles is 1. The van der Waals surface area contributed by atoms with Crippen LogP contribution in [0, 0.1) is 23.7 Å². The van der Waals surface area contributed by atoms with Crippen LogP contribution in [0.15, 0.2) is 36.3 Å². The highest BCUT2D eigenvalue weighted by Crippen LogP contribution is 2.36. The zero-order valence-corrected chi connectivity index (χ0v) is 23.0. The van der Waals surface area contributed by atoms with E-state index in [4.69, 9.17) is 31.7 Å². The molecular weight excluding hydrogens is 518 g/mol. The van der Waals surface area contributed by atoms with Crippen molar-refractivity contribution in [3.63, 3.8) is 0 Å². The zero-order valence-electron chi connectivity index (χ0n) is 22.2. The van der Waals surface area contributed by atoms with Gasteiger partial charge in [-0.05, 0) is 39.1 Å². The van der Waals surface area contributed by atoms with E-state index in [9.17, 15) is 10.4 Å². The van der Waals surface area contributed by atoms with E-state index in [0.29, 0.717) is 64.6 Å². The van der Waals surface area contributed by atoms with E-state index in [2.05, 4.69) is 25.5 Å². The summed E-state index contributed by atoms with van der Waals surface area (Å²) in [5.41, 5.74) is 4.62. The predicted molar refractivity (Wildman–Crippen MR) is 150 cm³/mol. The standard InChI is InChI=1S/C27H30ClN9O2/c1-15(22(30)8-29)24(32-4)25-16(2)27(37-11-17-9-33-14-34-23(17)12-37)36-26(35-25)20-7-19(5-6-21(20)28)39-13-18(38)10-31-3/h5-7,9,14,18,30-32,38H,10-13H2,1-4H3/b24-15-,30-22?/t18-/m1/s1. The second-order valence-electron chi connectivity index (χ2n) is 9.10. The molecule has 0 saturated carbocycles. The minimum absolute atomic E-state index is 0.0995. The molecule has 4 N–H and O–H groups in total. The molecule has 11 nitrogen and oxygen atoms in total. The highest BCUT2D eigenvalue weighted by atomic mass is 35.5.